The van der Waals surface area contributed by atoms with Crippen molar-refractivity contribution in [2.45, 2.75) is 289 Å². The minimum Gasteiger partial charge on any atom is -0.479 e. The molecule has 1 fully saturated rings. The van der Waals surface area contributed by atoms with Crippen molar-refractivity contribution < 1.29 is 58.2 Å². The molecule has 3 N–H and O–H groups in total. The van der Waals surface area contributed by atoms with Crippen molar-refractivity contribution in [3.8, 4) is 0 Å². The van der Waals surface area contributed by atoms with Crippen molar-refractivity contribution in [3.63, 3.8) is 0 Å². The Bertz CT molecular complexity index is 1740. The van der Waals surface area contributed by atoms with E-state index in [0.29, 0.717) is 19.3 Å². The van der Waals surface area contributed by atoms with Gasteiger partial charge in [0, 0.05) is 19.3 Å². The van der Waals surface area contributed by atoms with E-state index in [9.17, 15) is 34.5 Å². The van der Waals surface area contributed by atoms with Crippen LogP contribution < -0.4 is 0 Å². The van der Waals surface area contributed by atoms with Gasteiger partial charge in [-0.2, -0.15) is 0 Å². The maximum atomic E-state index is 13.2. The summed E-state index contributed by atoms with van der Waals surface area (Å²) in [6.45, 7) is 5.73. The molecule has 1 aliphatic heterocycles. The third kappa shape index (κ3) is 44.0. The van der Waals surface area contributed by atoms with E-state index in [2.05, 4.69) is 118 Å². The van der Waals surface area contributed by atoms with Crippen LogP contribution in [-0.4, -0.2) is 89.2 Å². The average molecular weight is 1110 g/mol. The highest BCUT2D eigenvalue weighted by molar-refractivity contribution is 5.74. The topological polar surface area (TPSA) is 175 Å². The molecule has 1 rings (SSSR count). The zero-order chi connectivity index (χ0) is 57.5. The fourth-order valence-electron chi connectivity index (χ4n) is 8.90. The molecule has 0 spiro atoms. The molecule has 1 heterocycles. The molecular formula is C67H110O12. The van der Waals surface area contributed by atoms with Crippen molar-refractivity contribution in [2.24, 2.45) is 0 Å². The van der Waals surface area contributed by atoms with Gasteiger partial charge in [-0.05, 0) is 116 Å². The SMILES string of the molecule is CC/C=C\C/C=C\C/C=C\CCCCCCCCCC(=O)OCC(COC1OC(C(=O)O)C(O)C(O)C1OC(=O)CCCCCCC/C=C\C/C=C\CCCCC)OC(=O)CCCCCCCCC/C=C\C/C=C\C/C=C\CC. The number of aliphatic hydroxyl groups is 2. The number of aliphatic hydroxyl groups excluding tert-OH is 2. The van der Waals surface area contributed by atoms with Gasteiger partial charge in [0.2, 0.25) is 0 Å². The second-order valence-electron chi connectivity index (χ2n) is 20.9. The first kappa shape index (κ1) is 72.7. The van der Waals surface area contributed by atoms with Gasteiger partial charge in [-0.25, -0.2) is 4.79 Å². The van der Waals surface area contributed by atoms with Crippen LogP contribution in [-0.2, 0) is 42.9 Å². The number of carboxylic acids is 1. The molecule has 0 aromatic heterocycles. The highest BCUT2D eigenvalue weighted by Gasteiger charge is 2.50. The molecule has 0 saturated carbocycles. The lowest BCUT2D eigenvalue weighted by Crippen LogP contribution is -2.61. The molecular weight excluding hydrogens is 997 g/mol. The maximum Gasteiger partial charge on any atom is 0.335 e. The fraction of sp³-hybridized carbons (Fsp3) is 0.701. The number of carbonyl (C=O) groups excluding carboxylic acids is 3. The normalized spacial score (nSPS) is 18.5. The number of esters is 3. The number of allylic oxidation sites excluding steroid dienone is 16. The van der Waals surface area contributed by atoms with Gasteiger partial charge < -0.3 is 39.0 Å². The summed E-state index contributed by atoms with van der Waals surface area (Å²) in [5.41, 5.74) is 0. The van der Waals surface area contributed by atoms with Crippen molar-refractivity contribution in [3.05, 3.63) is 97.2 Å². The summed E-state index contributed by atoms with van der Waals surface area (Å²) in [7, 11) is 0. The molecule has 6 atom stereocenters. The molecule has 1 aliphatic rings. The summed E-state index contributed by atoms with van der Waals surface area (Å²) in [5, 5.41) is 31.5. The van der Waals surface area contributed by atoms with Crippen LogP contribution in [0, 0.1) is 0 Å². The van der Waals surface area contributed by atoms with Gasteiger partial charge in [0.05, 0.1) is 6.61 Å². The van der Waals surface area contributed by atoms with E-state index in [1.54, 1.807) is 0 Å². The Hall–Kier alpha value is -4.36. The van der Waals surface area contributed by atoms with Crippen molar-refractivity contribution in [1.29, 1.82) is 0 Å². The first-order chi connectivity index (χ1) is 38.6. The molecule has 450 valence electrons. The molecule has 0 radical (unpaired) electrons. The number of aliphatic carboxylic acids is 1. The number of hydrogen-bond acceptors (Lipinski definition) is 11. The van der Waals surface area contributed by atoms with Crippen LogP contribution in [0.5, 0.6) is 0 Å². The monoisotopic (exact) mass is 1110 g/mol. The first-order valence-corrected chi connectivity index (χ1v) is 31.2. The first-order valence-electron chi connectivity index (χ1n) is 31.2. The second-order valence-corrected chi connectivity index (χ2v) is 20.9. The number of ether oxygens (including phenoxy) is 5. The van der Waals surface area contributed by atoms with Gasteiger partial charge in [-0.1, -0.05) is 214 Å². The predicted molar refractivity (Wildman–Crippen MR) is 321 cm³/mol. The maximum absolute atomic E-state index is 13.2. The molecule has 79 heavy (non-hydrogen) atoms. The van der Waals surface area contributed by atoms with Crippen LogP contribution >= 0.6 is 0 Å². The summed E-state index contributed by atoms with van der Waals surface area (Å²) in [6.07, 6.45) is 59.3. The van der Waals surface area contributed by atoms with Gasteiger partial charge >= 0.3 is 23.9 Å². The zero-order valence-corrected chi connectivity index (χ0v) is 49.6. The molecule has 0 aliphatic carbocycles. The lowest BCUT2D eigenvalue weighted by atomic mass is 9.98. The Morgan fingerprint density at radius 2 is 0.797 bits per heavy atom. The van der Waals surface area contributed by atoms with Gasteiger partial charge in [-0.15, -0.1) is 0 Å². The van der Waals surface area contributed by atoms with Crippen LogP contribution in [0.2, 0.25) is 0 Å². The Kier molecular flexibility index (Phi) is 49.9. The molecule has 0 aromatic carbocycles. The zero-order valence-electron chi connectivity index (χ0n) is 49.6. The molecule has 0 bridgehead atoms. The van der Waals surface area contributed by atoms with Gasteiger partial charge in [0.15, 0.2) is 24.6 Å². The minimum absolute atomic E-state index is 0.0387. The highest BCUT2D eigenvalue weighted by Crippen LogP contribution is 2.26. The van der Waals surface area contributed by atoms with Crippen LogP contribution in [0.25, 0.3) is 0 Å². The van der Waals surface area contributed by atoms with Gasteiger partial charge in [-0.3, -0.25) is 14.4 Å². The molecule has 0 aromatic rings. The number of rotatable bonds is 52. The lowest BCUT2D eigenvalue weighted by molar-refractivity contribution is -0.301. The fourth-order valence-corrected chi connectivity index (χ4v) is 8.90. The third-order valence-electron chi connectivity index (χ3n) is 13.6. The summed E-state index contributed by atoms with van der Waals surface area (Å²) in [4.78, 5) is 51.3. The van der Waals surface area contributed by atoms with Crippen molar-refractivity contribution in [1.82, 2.24) is 0 Å². The van der Waals surface area contributed by atoms with Gasteiger partial charge in [0.25, 0.3) is 0 Å². The average Bonchev–Trinajstić information content (AvgIpc) is 3.46. The van der Waals surface area contributed by atoms with E-state index < -0.39 is 67.3 Å². The number of unbranched alkanes of at least 4 members (excludes halogenated alkanes) is 22. The standard InChI is InChI=1S/C67H110O12/c1-4-7-10-13-16-19-22-25-28-30-33-35-38-41-44-47-50-53-59(68)75-56-58(77-60(69)54-51-48-45-42-39-37-34-31-29-26-23-20-17-14-11-8-5-2)57-76-67-65(63(72)62(71)64(79-67)66(73)74)78-61(70)55-52-49-46-43-40-36-32-27-24-21-18-15-12-9-6-3/h7-8,10-11,16-21,25-29,32,58,62-65,67,71-72H,4-6,9,12-15,22-24,30-31,33-57H2,1-3H3,(H,73,74)/b10-7-,11-8-,19-16-,20-17-,21-18-,28-25-,29-26-,32-27-. The molecule has 12 nitrogen and oxygen atoms in total. The third-order valence-corrected chi connectivity index (χ3v) is 13.6. The number of carbonyl (C=O) groups is 4. The van der Waals surface area contributed by atoms with Gasteiger partial charge in [0.1, 0.15) is 18.8 Å². The molecule has 12 heteroatoms. The number of hydrogen-bond donors (Lipinski definition) is 3. The van der Waals surface area contributed by atoms with E-state index in [-0.39, 0.29) is 25.9 Å². The Balaban J connectivity index is 2.70. The predicted octanol–water partition coefficient (Wildman–Crippen LogP) is 16.5. The summed E-state index contributed by atoms with van der Waals surface area (Å²) < 4.78 is 28.5. The van der Waals surface area contributed by atoms with E-state index in [0.717, 1.165) is 167 Å². The Morgan fingerprint density at radius 1 is 0.430 bits per heavy atom. The second kappa shape index (κ2) is 54.2. The quantitative estimate of drug-likeness (QED) is 0.0228. The molecule has 1 saturated heterocycles. The highest BCUT2D eigenvalue weighted by atomic mass is 16.7. The molecule has 0 amide bonds. The van der Waals surface area contributed by atoms with E-state index >= 15 is 0 Å². The summed E-state index contributed by atoms with van der Waals surface area (Å²) in [6, 6.07) is 0. The Morgan fingerprint density at radius 3 is 1.22 bits per heavy atom. The van der Waals surface area contributed by atoms with Crippen LogP contribution in [0.4, 0.5) is 0 Å². The molecule has 6 unspecified atom stereocenters. The largest absolute Gasteiger partial charge is 0.479 e. The van der Waals surface area contributed by atoms with E-state index in [1.807, 2.05) is 0 Å². The van der Waals surface area contributed by atoms with Crippen LogP contribution in [0.15, 0.2) is 97.2 Å². The smallest absolute Gasteiger partial charge is 0.335 e. The van der Waals surface area contributed by atoms with Crippen molar-refractivity contribution in [2.75, 3.05) is 13.2 Å². The van der Waals surface area contributed by atoms with E-state index in [1.165, 1.54) is 25.7 Å². The lowest BCUT2D eigenvalue weighted by Gasteiger charge is -2.40. The summed E-state index contributed by atoms with van der Waals surface area (Å²) in [5.74, 6) is -3.16. The van der Waals surface area contributed by atoms with E-state index in [4.69, 9.17) is 23.7 Å². The van der Waals surface area contributed by atoms with Crippen LogP contribution in [0.3, 0.4) is 0 Å². The summed E-state index contributed by atoms with van der Waals surface area (Å²) >= 11 is 0. The number of carboxylic acid groups (broad SMARTS) is 1. The van der Waals surface area contributed by atoms with Crippen LogP contribution in [0.1, 0.15) is 252 Å². The van der Waals surface area contributed by atoms with Crippen molar-refractivity contribution >= 4 is 23.9 Å². The minimum atomic E-state index is -1.92. The Labute approximate surface area is 479 Å².